The number of hydrogen-bond donors (Lipinski definition) is 0. The van der Waals surface area contributed by atoms with Gasteiger partial charge >= 0.3 is 0 Å². The lowest BCUT2D eigenvalue weighted by Crippen LogP contribution is -2.00. The van der Waals surface area contributed by atoms with Crippen molar-refractivity contribution in [2.75, 3.05) is 7.11 Å². The molecule has 3 rings (SSSR count). The molecule has 0 aliphatic heterocycles. The molecule has 3 aromatic rings. The Labute approximate surface area is 126 Å². The molecule has 0 saturated heterocycles. The molecule has 0 amide bonds. The third-order valence-corrected chi connectivity index (χ3v) is 3.71. The first-order valence-corrected chi connectivity index (χ1v) is 7.06. The first-order valence-electron chi connectivity index (χ1n) is 6.52. The van der Waals surface area contributed by atoms with Crippen molar-refractivity contribution in [2.45, 2.75) is 12.8 Å². The molecular weight excluding hydrogens is 291 g/mol. The summed E-state index contributed by atoms with van der Waals surface area (Å²) >= 11 is 6.02. The Kier molecular flexibility index (Phi) is 3.55. The molecule has 0 radical (unpaired) electrons. The number of ether oxygens (including phenoxy) is 1. The summed E-state index contributed by atoms with van der Waals surface area (Å²) in [6.07, 6.45) is 0. The van der Waals surface area contributed by atoms with E-state index in [2.05, 4.69) is 4.98 Å². The van der Waals surface area contributed by atoms with Gasteiger partial charge in [0.25, 0.3) is 0 Å². The monoisotopic (exact) mass is 304 g/mol. The Morgan fingerprint density at radius 3 is 2.81 bits per heavy atom. The number of nitrogens with zero attached hydrogens (tertiary/aromatic N) is 2. The molecular formula is C16H14ClFN2O. The van der Waals surface area contributed by atoms with Crippen LogP contribution >= 0.6 is 11.6 Å². The summed E-state index contributed by atoms with van der Waals surface area (Å²) in [6, 6.07) is 10.7. The van der Waals surface area contributed by atoms with Crippen molar-refractivity contribution in [2.24, 2.45) is 0 Å². The van der Waals surface area contributed by atoms with Crippen LogP contribution in [0.3, 0.4) is 0 Å². The number of imidazole rings is 1. The number of para-hydroxylation sites is 1. The van der Waals surface area contributed by atoms with Crippen LogP contribution in [0.4, 0.5) is 4.39 Å². The van der Waals surface area contributed by atoms with Crippen LogP contribution in [-0.2, 0) is 5.88 Å². The predicted octanol–water partition coefficient (Wildman–Crippen LogP) is 4.22. The SMILES string of the molecule is COc1cc(-n2c(CCl)nc3c(C)cccc32)ccc1F. The standard InChI is InChI=1S/C16H14ClFN2O/c1-10-4-3-5-13-16(10)19-15(9-17)20(13)11-6-7-12(18)14(8-11)21-2/h3-8H,9H2,1-2H3. The highest BCUT2D eigenvalue weighted by Crippen LogP contribution is 2.28. The zero-order valence-electron chi connectivity index (χ0n) is 11.7. The molecule has 3 nitrogen and oxygen atoms in total. The minimum absolute atomic E-state index is 0.197. The number of methoxy groups -OCH3 is 1. The Balaban J connectivity index is 2.31. The zero-order chi connectivity index (χ0) is 15.0. The van der Waals surface area contributed by atoms with Gasteiger partial charge in [0, 0.05) is 6.07 Å². The average Bonchev–Trinajstić information content (AvgIpc) is 2.88. The highest BCUT2D eigenvalue weighted by molar-refractivity contribution is 6.17. The van der Waals surface area contributed by atoms with E-state index in [0.717, 1.165) is 28.1 Å². The summed E-state index contributed by atoms with van der Waals surface area (Å²) in [5, 5.41) is 0. The molecule has 5 heteroatoms. The molecule has 0 aliphatic carbocycles. The largest absolute Gasteiger partial charge is 0.494 e. The number of rotatable bonds is 3. The highest BCUT2D eigenvalue weighted by Gasteiger charge is 2.14. The van der Waals surface area contributed by atoms with Gasteiger partial charge in [-0.2, -0.15) is 0 Å². The van der Waals surface area contributed by atoms with Gasteiger partial charge in [-0.05, 0) is 30.7 Å². The van der Waals surface area contributed by atoms with Crippen molar-refractivity contribution in [3.05, 3.63) is 53.6 Å². The van der Waals surface area contributed by atoms with Crippen LogP contribution in [0.25, 0.3) is 16.7 Å². The molecule has 2 aromatic carbocycles. The van der Waals surface area contributed by atoms with E-state index in [1.54, 1.807) is 12.1 Å². The van der Waals surface area contributed by atoms with Crippen LogP contribution in [0.5, 0.6) is 5.75 Å². The van der Waals surface area contributed by atoms with Gasteiger partial charge in [-0.1, -0.05) is 12.1 Å². The lowest BCUT2D eigenvalue weighted by molar-refractivity contribution is 0.386. The van der Waals surface area contributed by atoms with E-state index in [0.29, 0.717) is 0 Å². The summed E-state index contributed by atoms with van der Waals surface area (Å²) in [7, 11) is 1.45. The molecule has 108 valence electrons. The molecule has 21 heavy (non-hydrogen) atoms. The first-order chi connectivity index (χ1) is 10.2. The summed E-state index contributed by atoms with van der Waals surface area (Å²) in [5.41, 5.74) is 3.69. The summed E-state index contributed by atoms with van der Waals surface area (Å²) < 4.78 is 20.6. The molecule has 0 spiro atoms. The average molecular weight is 305 g/mol. The maximum Gasteiger partial charge on any atom is 0.165 e. The normalized spacial score (nSPS) is 11.0. The Bertz CT molecular complexity index is 813. The van der Waals surface area contributed by atoms with Gasteiger partial charge < -0.3 is 4.74 Å². The maximum atomic E-state index is 13.6. The van der Waals surface area contributed by atoms with Crippen molar-refractivity contribution < 1.29 is 9.13 Å². The van der Waals surface area contributed by atoms with Crippen LogP contribution in [-0.4, -0.2) is 16.7 Å². The van der Waals surface area contributed by atoms with E-state index in [4.69, 9.17) is 16.3 Å². The predicted molar refractivity (Wildman–Crippen MR) is 81.9 cm³/mol. The Morgan fingerprint density at radius 2 is 2.10 bits per heavy atom. The van der Waals surface area contributed by atoms with Crippen molar-refractivity contribution in [1.82, 2.24) is 9.55 Å². The van der Waals surface area contributed by atoms with Crippen LogP contribution in [0, 0.1) is 12.7 Å². The molecule has 0 fully saturated rings. The summed E-state index contributed by atoms with van der Waals surface area (Å²) in [6.45, 7) is 2.00. The fraction of sp³-hybridized carbons (Fsp3) is 0.188. The van der Waals surface area contributed by atoms with Crippen molar-refractivity contribution in [3.8, 4) is 11.4 Å². The van der Waals surface area contributed by atoms with Crippen LogP contribution in [0.2, 0.25) is 0 Å². The second-order valence-electron chi connectivity index (χ2n) is 4.76. The van der Waals surface area contributed by atoms with E-state index in [9.17, 15) is 4.39 Å². The fourth-order valence-corrected chi connectivity index (χ4v) is 2.63. The number of fused-ring (bicyclic) bond motifs is 1. The Hall–Kier alpha value is -2.07. The molecule has 0 atom stereocenters. The molecule has 1 aromatic heterocycles. The summed E-state index contributed by atoms with van der Waals surface area (Å²) in [5.74, 6) is 0.791. The minimum atomic E-state index is -0.394. The molecule has 0 saturated carbocycles. The summed E-state index contributed by atoms with van der Waals surface area (Å²) in [4.78, 5) is 4.58. The zero-order valence-corrected chi connectivity index (χ0v) is 12.5. The molecule has 0 unspecified atom stereocenters. The minimum Gasteiger partial charge on any atom is -0.494 e. The lowest BCUT2D eigenvalue weighted by Gasteiger charge is -2.10. The number of benzene rings is 2. The van der Waals surface area contributed by atoms with Crippen LogP contribution in [0.15, 0.2) is 36.4 Å². The quantitative estimate of drug-likeness (QED) is 0.677. The second kappa shape index (κ2) is 5.37. The second-order valence-corrected chi connectivity index (χ2v) is 5.03. The number of alkyl halides is 1. The smallest absolute Gasteiger partial charge is 0.165 e. The number of hydrogen-bond acceptors (Lipinski definition) is 2. The number of aromatic nitrogens is 2. The number of aryl methyl sites for hydroxylation is 1. The first kappa shape index (κ1) is 13.9. The van der Waals surface area contributed by atoms with Crippen LogP contribution in [0.1, 0.15) is 11.4 Å². The van der Waals surface area contributed by atoms with Crippen molar-refractivity contribution in [1.29, 1.82) is 0 Å². The molecule has 0 N–H and O–H groups in total. The van der Waals surface area contributed by atoms with Crippen molar-refractivity contribution >= 4 is 22.6 Å². The third-order valence-electron chi connectivity index (χ3n) is 3.47. The van der Waals surface area contributed by atoms with E-state index in [-0.39, 0.29) is 11.6 Å². The van der Waals surface area contributed by atoms with E-state index >= 15 is 0 Å². The molecule has 1 heterocycles. The van der Waals surface area contributed by atoms with E-state index in [1.165, 1.54) is 13.2 Å². The third kappa shape index (κ3) is 2.25. The van der Waals surface area contributed by atoms with E-state index in [1.807, 2.05) is 29.7 Å². The topological polar surface area (TPSA) is 27.1 Å². The maximum absolute atomic E-state index is 13.6. The number of halogens is 2. The van der Waals surface area contributed by atoms with Gasteiger partial charge in [0.1, 0.15) is 5.82 Å². The van der Waals surface area contributed by atoms with Gasteiger partial charge in [-0.3, -0.25) is 4.57 Å². The van der Waals surface area contributed by atoms with Gasteiger partial charge in [0.2, 0.25) is 0 Å². The van der Waals surface area contributed by atoms with Gasteiger partial charge in [0.05, 0.1) is 29.7 Å². The molecule has 0 bridgehead atoms. The van der Waals surface area contributed by atoms with Gasteiger partial charge in [0.15, 0.2) is 11.6 Å². The van der Waals surface area contributed by atoms with Gasteiger partial charge in [-0.15, -0.1) is 11.6 Å². The Morgan fingerprint density at radius 1 is 1.29 bits per heavy atom. The fourth-order valence-electron chi connectivity index (χ4n) is 2.45. The van der Waals surface area contributed by atoms with Crippen LogP contribution < -0.4 is 4.74 Å². The molecule has 0 aliphatic rings. The lowest BCUT2D eigenvalue weighted by atomic mass is 10.2. The van der Waals surface area contributed by atoms with Crippen molar-refractivity contribution in [3.63, 3.8) is 0 Å². The van der Waals surface area contributed by atoms with Gasteiger partial charge in [-0.25, -0.2) is 9.37 Å². The van der Waals surface area contributed by atoms with E-state index < -0.39 is 5.82 Å². The highest BCUT2D eigenvalue weighted by atomic mass is 35.5.